The number of aromatic nitrogens is 3. The summed E-state index contributed by atoms with van der Waals surface area (Å²) in [4.78, 5) is 26.5. The Labute approximate surface area is 121 Å². The summed E-state index contributed by atoms with van der Waals surface area (Å²) in [5, 5.41) is 17.7. The predicted octanol–water partition coefficient (Wildman–Crippen LogP) is 1.92. The first-order valence-corrected chi connectivity index (χ1v) is 6.21. The normalized spacial score (nSPS) is 10.1. The maximum atomic E-state index is 11.8. The molecule has 8 nitrogen and oxygen atoms in total. The zero-order valence-electron chi connectivity index (χ0n) is 10.3. The summed E-state index contributed by atoms with van der Waals surface area (Å²) < 4.78 is 1.94. The summed E-state index contributed by atoms with van der Waals surface area (Å²) in [6.45, 7) is 0. The molecule has 0 saturated carbocycles. The number of hydrogen-bond acceptors (Lipinski definition) is 4. The molecule has 20 heavy (non-hydrogen) atoms. The Bertz CT molecular complexity index is 670. The summed E-state index contributed by atoms with van der Waals surface area (Å²) in [6, 6.07) is 3.83. The maximum Gasteiger partial charge on any atom is 0.335 e. The molecule has 0 aliphatic heterocycles. The molecule has 0 unspecified atom stereocenters. The largest absolute Gasteiger partial charge is 0.478 e. The molecule has 2 amide bonds. The lowest BCUT2D eigenvalue weighted by molar-refractivity contribution is 0.0697. The zero-order chi connectivity index (χ0) is 14.7. The van der Waals surface area contributed by atoms with Gasteiger partial charge in [0.2, 0.25) is 5.95 Å². The van der Waals surface area contributed by atoms with Gasteiger partial charge in [0.15, 0.2) is 0 Å². The van der Waals surface area contributed by atoms with E-state index < -0.39 is 12.0 Å². The van der Waals surface area contributed by atoms with E-state index >= 15 is 0 Å². The number of carboxylic acid groups (broad SMARTS) is 1. The molecule has 0 spiro atoms. The van der Waals surface area contributed by atoms with Crippen LogP contribution in [0.5, 0.6) is 0 Å². The Hall–Kier alpha value is -2.42. The quantitative estimate of drug-likeness (QED) is 0.791. The number of carboxylic acids is 1. The number of benzene rings is 1. The minimum atomic E-state index is -1.08. The van der Waals surface area contributed by atoms with E-state index in [1.54, 1.807) is 13.1 Å². The van der Waals surface area contributed by atoms with Crippen molar-refractivity contribution in [1.29, 1.82) is 0 Å². The van der Waals surface area contributed by atoms with Crippen LogP contribution in [0.15, 0.2) is 29.0 Å². The van der Waals surface area contributed by atoms with Crippen molar-refractivity contribution in [2.24, 2.45) is 7.05 Å². The fourth-order valence-electron chi connectivity index (χ4n) is 1.46. The van der Waals surface area contributed by atoms with Crippen molar-refractivity contribution in [1.82, 2.24) is 14.8 Å². The van der Waals surface area contributed by atoms with E-state index in [1.807, 2.05) is 0 Å². The third kappa shape index (κ3) is 3.32. The van der Waals surface area contributed by atoms with Crippen molar-refractivity contribution >= 4 is 39.6 Å². The van der Waals surface area contributed by atoms with Crippen molar-refractivity contribution in [3.8, 4) is 0 Å². The van der Waals surface area contributed by atoms with Gasteiger partial charge in [0, 0.05) is 17.2 Å². The van der Waals surface area contributed by atoms with E-state index in [0.717, 1.165) is 0 Å². The van der Waals surface area contributed by atoms with E-state index in [1.165, 1.54) is 23.1 Å². The highest BCUT2D eigenvalue weighted by Gasteiger charge is 2.10. The minimum absolute atomic E-state index is 0.0633. The molecular weight excluding hydrogens is 330 g/mol. The van der Waals surface area contributed by atoms with Gasteiger partial charge in [-0.2, -0.15) is 10.1 Å². The Morgan fingerprint density at radius 2 is 2.05 bits per heavy atom. The topological polar surface area (TPSA) is 109 Å². The first-order chi connectivity index (χ1) is 9.45. The number of aromatic carboxylic acids is 1. The van der Waals surface area contributed by atoms with Crippen molar-refractivity contribution < 1.29 is 14.7 Å². The predicted molar refractivity (Wildman–Crippen MR) is 74.7 cm³/mol. The van der Waals surface area contributed by atoms with E-state index in [-0.39, 0.29) is 11.5 Å². The van der Waals surface area contributed by atoms with Crippen LogP contribution in [0.2, 0.25) is 0 Å². The number of hydrogen-bond donors (Lipinski definition) is 3. The monoisotopic (exact) mass is 339 g/mol. The van der Waals surface area contributed by atoms with Gasteiger partial charge >= 0.3 is 12.0 Å². The number of halogens is 1. The number of carbonyl (C=O) groups is 2. The van der Waals surface area contributed by atoms with Gasteiger partial charge in [-0.1, -0.05) is 15.9 Å². The van der Waals surface area contributed by atoms with E-state index in [0.29, 0.717) is 10.2 Å². The van der Waals surface area contributed by atoms with Gasteiger partial charge in [-0.15, -0.1) is 0 Å². The first kappa shape index (κ1) is 14.0. The molecule has 3 N–H and O–H groups in total. The summed E-state index contributed by atoms with van der Waals surface area (Å²) in [5.74, 6) is -0.806. The highest BCUT2D eigenvalue weighted by atomic mass is 79.9. The number of nitrogens with zero attached hydrogens (tertiary/aromatic N) is 3. The molecule has 0 fully saturated rings. The van der Waals surface area contributed by atoms with Crippen LogP contribution in [0, 0.1) is 0 Å². The van der Waals surface area contributed by atoms with Crippen molar-refractivity contribution in [3.63, 3.8) is 0 Å². The maximum absolute atomic E-state index is 11.8. The fourth-order valence-corrected chi connectivity index (χ4v) is 1.95. The zero-order valence-corrected chi connectivity index (χ0v) is 11.9. The van der Waals surface area contributed by atoms with Gasteiger partial charge in [-0.25, -0.2) is 14.3 Å². The third-order valence-electron chi connectivity index (χ3n) is 2.34. The molecule has 0 aliphatic carbocycles. The molecule has 0 aliphatic rings. The number of urea groups is 1. The summed E-state index contributed by atoms with van der Waals surface area (Å²) >= 11 is 3.18. The SMILES string of the molecule is Cn1ncnc1NC(=O)Nc1cc(Br)cc(C(=O)O)c1. The number of amides is 2. The number of carbonyl (C=O) groups excluding carboxylic acids is 1. The third-order valence-corrected chi connectivity index (χ3v) is 2.80. The average molecular weight is 340 g/mol. The van der Waals surface area contributed by atoms with Gasteiger partial charge in [0.25, 0.3) is 0 Å². The highest BCUT2D eigenvalue weighted by molar-refractivity contribution is 9.10. The molecule has 104 valence electrons. The van der Waals surface area contributed by atoms with Crippen LogP contribution in [0.4, 0.5) is 16.4 Å². The van der Waals surface area contributed by atoms with Crippen molar-refractivity contribution in [2.75, 3.05) is 10.6 Å². The van der Waals surface area contributed by atoms with Gasteiger partial charge in [0.1, 0.15) is 6.33 Å². The number of anilines is 2. The average Bonchev–Trinajstić information content (AvgIpc) is 2.74. The number of nitrogens with one attached hydrogen (secondary N) is 2. The Kier molecular flexibility index (Phi) is 3.99. The smallest absolute Gasteiger partial charge is 0.335 e. The molecule has 2 rings (SSSR count). The Morgan fingerprint density at radius 3 is 2.65 bits per heavy atom. The van der Waals surface area contributed by atoms with E-state index in [9.17, 15) is 9.59 Å². The summed E-state index contributed by atoms with van der Waals surface area (Å²) in [7, 11) is 1.63. The lowest BCUT2D eigenvalue weighted by atomic mass is 10.2. The second-order valence-corrected chi connectivity index (χ2v) is 4.74. The molecule has 0 bridgehead atoms. The van der Waals surface area contributed by atoms with Crippen molar-refractivity contribution in [2.45, 2.75) is 0 Å². The Morgan fingerprint density at radius 1 is 1.30 bits per heavy atom. The molecule has 9 heteroatoms. The number of aryl methyl sites for hydroxylation is 1. The van der Waals surface area contributed by atoms with Crippen molar-refractivity contribution in [3.05, 3.63) is 34.6 Å². The summed E-state index contributed by atoms with van der Waals surface area (Å²) in [5.41, 5.74) is 0.407. The van der Waals surface area contributed by atoms with Crippen LogP contribution in [0.25, 0.3) is 0 Å². The summed E-state index contributed by atoms with van der Waals surface area (Å²) in [6.07, 6.45) is 1.30. The van der Waals surface area contributed by atoms with Gasteiger partial charge in [0.05, 0.1) is 5.56 Å². The molecule has 1 heterocycles. The Balaban J connectivity index is 2.12. The van der Waals surface area contributed by atoms with Gasteiger partial charge in [-0.05, 0) is 18.2 Å². The highest BCUT2D eigenvalue weighted by Crippen LogP contribution is 2.20. The molecule has 1 aromatic carbocycles. The standard InChI is InChI=1S/C11H10BrN5O3/c1-17-10(13-5-14-17)16-11(20)15-8-3-6(9(18)19)2-7(12)4-8/h2-5H,1H3,(H,18,19)(H2,13,14,15,16,20). The molecule has 2 aromatic rings. The van der Waals surface area contributed by atoms with Crippen LogP contribution < -0.4 is 10.6 Å². The van der Waals surface area contributed by atoms with E-state index in [2.05, 4.69) is 36.6 Å². The molecule has 0 radical (unpaired) electrons. The van der Waals surface area contributed by atoms with Crippen LogP contribution in [-0.4, -0.2) is 31.9 Å². The van der Waals surface area contributed by atoms with Crippen LogP contribution in [0.3, 0.4) is 0 Å². The molecule has 0 atom stereocenters. The second-order valence-electron chi connectivity index (χ2n) is 3.82. The lowest BCUT2D eigenvalue weighted by Gasteiger charge is -2.08. The molecule has 0 saturated heterocycles. The van der Waals surface area contributed by atoms with Gasteiger partial charge < -0.3 is 10.4 Å². The van der Waals surface area contributed by atoms with Gasteiger partial charge in [-0.3, -0.25) is 5.32 Å². The minimum Gasteiger partial charge on any atom is -0.478 e. The fraction of sp³-hybridized carbons (Fsp3) is 0.0909. The molecular formula is C11H10BrN5O3. The first-order valence-electron chi connectivity index (χ1n) is 5.41. The van der Waals surface area contributed by atoms with Crippen LogP contribution in [-0.2, 0) is 7.05 Å². The van der Waals surface area contributed by atoms with Crippen LogP contribution >= 0.6 is 15.9 Å². The number of rotatable bonds is 3. The second kappa shape index (κ2) is 5.70. The molecule has 1 aromatic heterocycles. The lowest BCUT2D eigenvalue weighted by Crippen LogP contribution is -2.21. The van der Waals surface area contributed by atoms with E-state index in [4.69, 9.17) is 5.11 Å². The van der Waals surface area contributed by atoms with Crippen LogP contribution in [0.1, 0.15) is 10.4 Å².